The number of hydrogen-bond donors (Lipinski definition) is 0. The Morgan fingerprint density at radius 2 is 1.32 bits per heavy atom. The van der Waals surface area contributed by atoms with Crippen molar-refractivity contribution in [3.63, 3.8) is 0 Å². The lowest BCUT2D eigenvalue weighted by Crippen LogP contribution is -2.52. The normalized spacial score (nSPS) is 14.2. The largest absolute Gasteiger partial charge is 0.444 e. The van der Waals surface area contributed by atoms with E-state index in [1.165, 1.54) is 19.1 Å². The Morgan fingerprint density at radius 1 is 0.865 bits per heavy atom. The highest BCUT2D eigenvalue weighted by Crippen LogP contribution is 2.38. The number of carbonyl (C=O) groups excluding carboxylic acids is 2. The second-order valence-electron chi connectivity index (χ2n) is 13.8. The molecule has 10 heteroatoms. The van der Waals surface area contributed by atoms with Gasteiger partial charge in [0.15, 0.2) is 16.6 Å². The van der Waals surface area contributed by atoms with Gasteiger partial charge in [-0.3, -0.25) is 14.5 Å². The summed E-state index contributed by atoms with van der Waals surface area (Å²) in [6.45, 7) is 32.1. The number of amides is 2. The van der Waals surface area contributed by atoms with Crippen LogP contribution in [0.2, 0.25) is 36.3 Å². The molecule has 0 saturated carbocycles. The average Bonchev–Trinajstić information content (AvgIpc) is 2.68. The lowest BCUT2D eigenvalue weighted by Gasteiger charge is -2.40. The van der Waals surface area contributed by atoms with Crippen LogP contribution in [0.5, 0.6) is 0 Å². The summed E-state index contributed by atoms with van der Waals surface area (Å²) in [6, 6.07) is -0.568. The molecule has 1 atom stereocenters. The highest BCUT2D eigenvalue weighted by Gasteiger charge is 2.40. The van der Waals surface area contributed by atoms with Crippen LogP contribution in [0.1, 0.15) is 68.7 Å². The predicted octanol–water partition coefficient (Wildman–Crippen LogP) is 6.60. The van der Waals surface area contributed by atoms with E-state index in [9.17, 15) is 9.59 Å². The minimum atomic E-state index is -2.16. The molecule has 0 aromatic rings. The zero-order valence-electron chi connectivity index (χ0n) is 26.5. The van der Waals surface area contributed by atoms with Gasteiger partial charge in [-0.15, -0.1) is 0 Å². The van der Waals surface area contributed by atoms with Gasteiger partial charge >= 0.3 is 6.09 Å². The Hall–Kier alpha value is -1.21. The quantitative estimate of drug-likeness (QED) is 0.152. The standard InChI is InChI=1S/C27H56N2O6Si2/c1-21(17-18-33-36(13,14)26(5,6)7)22(20-34-37(15,16)27(8,9)10)29(19-23(30)28(11)32-12)24(31)35-25(2,3)4/h22H,1,17-20H2,2-16H3/t22-/m1/s1. The lowest BCUT2D eigenvalue weighted by atomic mass is 10.1. The Balaban J connectivity index is 6.18. The number of rotatable bonds is 12. The fraction of sp³-hybridized carbons (Fsp3) is 0.852. The van der Waals surface area contributed by atoms with E-state index in [0.29, 0.717) is 13.0 Å². The number of carbonyl (C=O) groups is 2. The number of nitrogens with zero attached hydrogens (tertiary/aromatic N) is 2. The molecule has 2 amide bonds. The van der Waals surface area contributed by atoms with E-state index < -0.39 is 34.4 Å². The number of ether oxygens (including phenoxy) is 1. The molecule has 0 unspecified atom stereocenters. The van der Waals surface area contributed by atoms with E-state index in [4.69, 9.17) is 18.4 Å². The molecule has 0 aromatic carbocycles. The van der Waals surface area contributed by atoms with Crippen LogP contribution in [-0.4, -0.2) is 84.2 Å². The Labute approximate surface area is 229 Å². The van der Waals surface area contributed by atoms with Gasteiger partial charge in [-0.05, 0) is 63.5 Å². The third-order valence-electron chi connectivity index (χ3n) is 7.51. The molecule has 0 aromatic heterocycles. The second-order valence-corrected chi connectivity index (χ2v) is 23.4. The maximum Gasteiger partial charge on any atom is 0.411 e. The smallest absolute Gasteiger partial charge is 0.411 e. The third-order valence-corrected chi connectivity index (χ3v) is 16.5. The molecule has 0 saturated heterocycles. The molecular formula is C27H56N2O6Si2. The second kappa shape index (κ2) is 13.2. The minimum absolute atomic E-state index is 0.0207. The van der Waals surface area contributed by atoms with E-state index >= 15 is 0 Å². The van der Waals surface area contributed by atoms with E-state index in [-0.39, 0.29) is 29.1 Å². The van der Waals surface area contributed by atoms with Crippen molar-refractivity contribution < 1.29 is 28.0 Å². The molecule has 0 bridgehead atoms. The van der Waals surface area contributed by atoms with Gasteiger partial charge in [0.2, 0.25) is 0 Å². The van der Waals surface area contributed by atoms with Gasteiger partial charge in [0, 0.05) is 13.7 Å². The topological polar surface area (TPSA) is 77.5 Å². The van der Waals surface area contributed by atoms with E-state index in [1.807, 2.05) is 0 Å². The fourth-order valence-electron chi connectivity index (χ4n) is 2.72. The van der Waals surface area contributed by atoms with Crippen molar-refractivity contribution in [3.8, 4) is 0 Å². The van der Waals surface area contributed by atoms with Crippen molar-refractivity contribution in [1.29, 1.82) is 0 Å². The molecule has 0 radical (unpaired) electrons. The monoisotopic (exact) mass is 560 g/mol. The molecule has 0 aliphatic rings. The molecule has 0 rings (SSSR count). The van der Waals surface area contributed by atoms with Crippen LogP contribution in [0.4, 0.5) is 4.79 Å². The Kier molecular flexibility index (Phi) is 12.8. The maximum atomic E-state index is 13.4. The fourth-order valence-corrected chi connectivity index (χ4v) is 4.77. The minimum Gasteiger partial charge on any atom is -0.444 e. The van der Waals surface area contributed by atoms with Gasteiger partial charge in [0.05, 0.1) is 19.8 Å². The molecule has 0 fully saturated rings. The summed E-state index contributed by atoms with van der Waals surface area (Å²) in [7, 11) is -1.19. The first-order valence-electron chi connectivity index (χ1n) is 13.1. The zero-order valence-corrected chi connectivity index (χ0v) is 28.5. The first kappa shape index (κ1) is 35.8. The summed E-state index contributed by atoms with van der Waals surface area (Å²) in [4.78, 5) is 32.8. The summed E-state index contributed by atoms with van der Waals surface area (Å²) >= 11 is 0. The van der Waals surface area contributed by atoms with Crippen molar-refractivity contribution in [2.45, 2.75) is 117 Å². The Morgan fingerprint density at radius 3 is 1.73 bits per heavy atom. The first-order chi connectivity index (χ1) is 16.4. The summed E-state index contributed by atoms with van der Waals surface area (Å²) in [6.07, 6.45) is -0.0632. The van der Waals surface area contributed by atoms with Crippen molar-refractivity contribution in [3.05, 3.63) is 12.2 Å². The number of hydrogen-bond acceptors (Lipinski definition) is 6. The molecule has 0 aliphatic heterocycles. The first-order valence-corrected chi connectivity index (χ1v) is 18.9. The van der Waals surface area contributed by atoms with Gasteiger partial charge in [-0.2, -0.15) is 0 Å². The van der Waals surface area contributed by atoms with Crippen LogP contribution in [0, 0.1) is 0 Å². The Bertz CT molecular complexity index is 779. The molecule has 0 heterocycles. The summed E-state index contributed by atoms with van der Waals surface area (Å²) in [5.41, 5.74) is 0.0273. The molecule has 0 spiro atoms. The van der Waals surface area contributed by atoms with E-state index in [0.717, 1.165) is 10.6 Å². The number of likely N-dealkylation sites (N-methyl/N-ethyl adjacent to an activating group) is 1. The average molecular weight is 561 g/mol. The van der Waals surface area contributed by atoms with Crippen LogP contribution >= 0.6 is 0 Å². The highest BCUT2D eigenvalue weighted by atomic mass is 28.4. The summed E-state index contributed by atoms with van der Waals surface area (Å²) in [5.74, 6) is -0.379. The SMILES string of the molecule is C=C(CCO[Si](C)(C)C(C)(C)C)[C@@H](CO[Si](C)(C)C(C)(C)C)N(CC(=O)N(C)OC)C(=O)OC(C)(C)C. The molecular weight excluding hydrogens is 504 g/mol. The predicted molar refractivity (Wildman–Crippen MR) is 157 cm³/mol. The van der Waals surface area contributed by atoms with Gasteiger partial charge in [-0.25, -0.2) is 9.86 Å². The molecule has 8 nitrogen and oxygen atoms in total. The van der Waals surface area contributed by atoms with E-state index in [1.54, 1.807) is 20.8 Å². The van der Waals surface area contributed by atoms with Crippen molar-refractivity contribution >= 4 is 28.6 Å². The molecule has 0 N–H and O–H groups in total. The van der Waals surface area contributed by atoms with Crippen molar-refractivity contribution in [1.82, 2.24) is 9.96 Å². The van der Waals surface area contributed by atoms with Gasteiger partial charge in [-0.1, -0.05) is 53.7 Å². The van der Waals surface area contributed by atoms with E-state index in [2.05, 4.69) is 74.3 Å². The van der Waals surface area contributed by atoms with Crippen LogP contribution < -0.4 is 0 Å². The summed E-state index contributed by atoms with van der Waals surface area (Å²) < 4.78 is 18.7. The van der Waals surface area contributed by atoms with Gasteiger partial charge in [0.1, 0.15) is 12.1 Å². The molecule has 0 aliphatic carbocycles. The van der Waals surface area contributed by atoms with Crippen LogP contribution in [0.25, 0.3) is 0 Å². The van der Waals surface area contributed by atoms with Gasteiger partial charge < -0.3 is 13.6 Å². The maximum absolute atomic E-state index is 13.4. The highest BCUT2D eigenvalue weighted by molar-refractivity contribution is 6.74. The number of hydroxylamine groups is 2. The van der Waals surface area contributed by atoms with Crippen LogP contribution in [0.15, 0.2) is 12.2 Å². The molecule has 218 valence electrons. The van der Waals surface area contributed by atoms with Crippen LogP contribution in [0.3, 0.4) is 0 Å². The van der Waals surface area contributed by atoms with Crippen LogP contribution in [-0.2, 0) is 23.2 Å². The zero-order chi connectivity index (χ0) is 29.6. The summed E-state index contributed by atoms with van der Waals surface area (Å²) in [5, 5.41) is 1.17. The van der Waals surface area contributed by atoms with Crippen molar-refractivity contribution in [2.24, 2.45) is 0 Å². The lowest BCUT2D eigenvalue weighted by molar-refractivity contribution is -0.170. The third kappa shape index (κ3) is 11.6. The molecule has 37 heavy (non-hydrogen) atoms. The van der Waals surface area contributed by atoms with Gasteiger partial charge in [0.25, 0.3) is 5.91 Å². The van der Waals surface area contributed by atoms with Crippen molar-refractivity contribution in [2.75, 3.05) is 33.9 Å².